The molecule has 4 nitrogen and oxygen atoms in total. The Morgan fingerprint density at radius 3 is 2.41 bits per heavy atom. The third-order valence-corrected chi connectivity index (χ3v) is 6.06. The molecule has 1 aromatic heterocycles. The number of rotatable bonds is 5. The summed E-state index contributed by atoms with van der Waals surface area (Å²) in [6.07, 6.45) is 0. The third-order valence-electron chi connectivity index (χ3n) is 5.81. The number of carbonyl (C=O) groups excluding carboxylic acids is 1. The standard InChI is InChI=1S/C27H21ClN2O2/c1-32-21-5-2-4-17(14-21)16-30-24-7-3-6-23(27(29)31)26(24)22-13-10-19(15-25(22)30)18-8-11-20(28)12-9-18/h2-15H,16H2,1H3,(H2,29,31). The van der Waals surface area contributed by atoms with Crippen LogP contribution in [-0.2, 0) is 6.54 Å². The molecule has 0 aliphatic heterocycles. The summed E-state index contributed by atoms with van der Waals surface area (Å²) in [6, 6.07) is 27.8. The molecule has 0 aliphatic carbocycles. The molecule has 0 aliphatic rings. The summed E-state index contributed by atoms with van der Waals surface area (Å²) in [5.41, 5.74) is 11.5. The van der Waals surface area contributed by atoms with Gasteiger partial charge in [0.2, 0.25) is 5.91 Å². The molecule has 1 heterocycles. The summed E-state index contributed by atoms with van der Waals surface area (Å²) in [6.45, 7) is 0.628. The smallest absolute Gasteiger partial charge is 0.249 e. The highest BCUT2D eigenvalue weighted by molar-refractivity contribution is 6.30. The van der Waals surface area contributed by atoms with E-state index >= 15 is 0 Å². The van der Waals surface area contributed by atoms with E-state index in [2.05, 4.69) is 28.8 Å². The Bertz CT molecular complexity index is 1470. The number of fused-ring (bicyclic) bond motifs is 3. The SMILES string of the molecule is COc1cccc(Cn2c3cc(-c4ccc(Cl)cc4)ccc3c3c(C(N)=O)cccc32)c1. The fraction of sp³-hybridized carbons (Fsp3) is 0.0741. The number of aromatic nitrogens is 1. The van der Waals surface area contributed by atoms with Crippen molar-refractivity contribution in [1.82, 2.24) is 4.57 Å². The highest BCUT2D eigenvalue weighted by atomic mass is 35.5. The minimum atomic E-state index is -0.433. The molecular formula is C27H21ClN2O2. The van der Waals surface area contributed by atoms with E-state index in [1.807, 2.05) is 54.6 Å². The van der Waals surface area contributed by atoms with Crippen molar-refractivity contribution in [2.75, 3.05) is 7.11 Å². The van der Waals surface area contributed by atoms with Gasteiger partial charge in [0.15, 0.2) is 0 Å². The Labute approximate surface area is 190 Å². The summed E-state index contributed by atoms with van der Waals surface area (Å²) in [5, 5.41) is 2.57. The van der Waals surface area contributed by atoms with Crippen molar-refractivity contribution in [3.8, 4) is 16.9 Å². The zero-order valence-electron chi connectivity index (χ0n) is 17.5. The molecule has 0 radical (unpaired) electrons. The third kappa shape index (κ3) is 3.49. The fourth-order valence-electron chi connectivity index (χ4n) is 4.30. The molecule has 2 N–H and O–H groups in total. The Kier molecular flexibility index (Phi) is 5.08. The zero-order valence-corrected chi connectivity index (χ0v) is 18.3. The van der Waals surface area contributed by atoms with Gasteiger partial charge in [-0.05, 0) is 59.2 Å². The van der Waals surface area contributed by atoms with E-state index in [0.29, 0.717) is 17.1 Å². The number of hydrogen-bond donors (Lipinski definition) is 1. The lowest BCUT2D eigenvalue weighted by Gasteiger charge is -2.10. The van der Waals surface area contributed by atoms with Crippen LogP contribution in [0.5, 0.6) is 5.75 Å². The Hall–Kier alpha value is -3.76. The second-order valence-electron chi connectivity index (χ2n) is 7.74. The number of halogens is 1. The number of methoxy groups -OCH3 is 1. The van der Waals surface area contributed by atoms with Gasteiger partial charge in [-0.2, -0.15) is 0 Å². The quantitative estimate of drug-likeness (QED) is 0.350. The van der Waals surface area contributed by atoms with E-state index in [0.717, 1.165) is 44.2 Å². The highest BCUT2D eigenvalue weighted by Crippen LogP contribution is 2.35. The number of ether oxygens (including phenoxy) is 1. The Balaban J connectivity index is 1.77. The van der Waals surface area contributed by atoms with Crippen molar-refractivity contribution in [3.63, 3.8) is 0 Å². The highest BCUT2D eigenvalue weighted by Gasteiger charge is 2.17. The lowest BCUT2D eigenvalue weighted by Crippen LogP contribution is -2.11. The molecule has 1 amide bonds. The van der Waals surface area contributed by atoms with Crippen LogP contribution >= 0.6 is 11.6 Å². The summed E-state index contributed by atoms with van der Waals surface area (Å²) in [7, 11) is 1.66. The van der Waals surface area contributed by atoms with Gasteiger partial charge >= 0.3 is 0 Å². The van der Waals surface area contributed by atoms with Gasteiger partial charge in [-0.3, -0.25) is 4.79 Å². The molecule has 5 heteroatoms. The van der Waals surface area contributed by atoms with E-state index in [1.54, 1.807) is 13.2 Å². The summed E-state index contributed by atoms with van der Waals surface area (Å²) >= 11 is 6.08. The molecular weight excluding hydrogens is 420 g/mol. The van der Waals surface area contributed by atoms with Crippen LogP contribution in [0.15, 0.2) is 84.9 Å². The van der Waals surface area contributed by atoms with E-state index in [9.17, 15) is 4.79 Å². The predicted octanol–water partition coefficient (Wildman–Crippen LogP) is 6.27. The maximum absolute atomic E-state index is 12.2. The van der Waals surface area contributed by atoms with Gasteiger partial charge in [0.25, 0.3) is 0 Å². The van der Waals surface area contributed by atoms with Gasteiger partial charge in [0, 0.05) is 27.9 Å². The van der Waals surface area contributed by atoms with Gasteiger partial charge < -0.3 is 15.0 Å². The van der Waals surface area contributed by atoms with Crippen molar-refractivity contribution >= 4 is 39.3 Å². The molecule has 0 atom stereocenters. The number of carbonyl (C=O) groups is 1. The zero-order chi connectivity index (χ0) is 22.2. The Morgan fingerprint density at radius 2 is 1.66 bits per heavy atom. The number of nitrogens with two attached hydrogens (primary N) is 1. The van der Waals surface area contributed by atoms with Crippen LogP contribution in [0.1, 0.15) is 15.9 Å². The number of primary amides is 1. The minimum absolute atomic E-state index is 0.433. The molecule has 0 bridgehead atoms. The summed E-state index contributed by atoms with van der Waals surface area (Å²) < 4.78 is 7.63. The molecule has 0 saturated carbocycles. The lowest BCUT2D eigenvalue weighted by molar-refractivity contribution is 0.100. The van der Waals surface area contributed by atoms with Crippen molar-refractivity contribution in [3.05, 3.63) is 101 Å². The first-order valence-electron chi connectivity index (χ1n) is 10.3. The molecule has 0 saturated heterocycles. The van der Waals surface area contributed by atoms with Gasteiger partial charge in [-0.1, -0.05) is 54.1 Å². The largest absolute Gasteiger partial charge is 0.497 e. The molecule has 0 spiro atoms. The van der Waals surface area contributed by atoms with Crippen LogP contribution in [0.25, 0.3) is 32.9 Å². The number of benzene rings is 4. The maximum Gasteiger partial charge on any atom is 0.249 e. The molecule has 5 aromatic rings. The minimum Gasteiger partial charge on any atom is -0.497 e. The fourth-order valence-corrected chi connectivity index (χ4v) is 4.42. The molecule has 5 rings (SSSR count). The molecule has 0 fully saturated rings. The van der Waals surface area contributed by atoms with Crippen molar-refractivity contribution in [2.24, 2.45) is 5.73 Å². The van der Waals surface area contributed by atoms with Crippen LogP contribution in [0.3, 0.4) is 0 Å². The first kappa shape index (κ1) is 20.2. The summed E-state index contributed by atoms with van der Waals surface area (Å²) in [4.78, 5) is 12.2. The van der Waals surface area contributed by atoms with Crippen LogP contribution in [-0.4, -0.2) is 17.6 Å². The summed E-state index contributed by atoms with van der Waals surface area (Å²) in [5.74, 6) is 0.376. The number of amides is 1. The average Bonchev–Trinajstić information content (AvgIpc) is 3.12. The van der Waals surface area contributed by atoms with Crippen molar-refractivity contribution in [2.45, 2.75) is 6.54 Å². The number of nitrogens with zero attached hydrogens (tertiary/aromatic N) is 1. The normalized spacial score (nSPS) is 11.2. The molecule has 32 heavy (non-hydrogen) atoms. The van der Waals surface area contributed by atoms with Crippen molar-refractivity contribution in [1.29, 1.82) is 0 Å². The van der Waals surface area contributed by atoms with E-state index < -0.39 is 5.91 Å². The van der Waals surface area contributed by atoms with Crippen molar-refractivity contribution < 1.29 is 9.53 Å². The second-order valence-corrected chi connectivity index (χ2v) is 8.18. The topological polar surface area (TPSA) is 57.2 Å². The van der Waals surface area contributed by atoms with Gasteiger partial charge in [-0.15, -0.1) is 0 Å². The van der Waals surface area contributed by atoms with Crippen LogP contribution in [0.4, 0.5) is 0 Å². The molecule has 158 valence electrons. The molecule has 0 unspecified atom stereocenters. The van der Waals surface area contributed by atoms with E-state index in [-0.39, 0.29) is 0 Å². The van der Waals surface area contributed by atoms with Gasteiger partial charge in [-0.25, -0.2) is 0 Å². The van der Waals surface area contributed by atoms with Crippen LogP contribution in [0.2, 0.25) is 5.02 Å². The van der Waals surface area contributed by atoms with Gasteiger partial charge in [0.1, 0.15) is 5.75 Å². The van der Waals surface area contributed by atoms with Crippen LogP contribution in [0, 0.1) is 0 Å². The van der Waals surface area contributed by atoms with Gasteiger partial charge in [0.05, 0.1) is 18.1 Å². The Morgan fingerprint density at radius 1 is 0.906 bits per heavy atom. The predicted molar refractivity (Wildman–Crippen MR) is 131 cm³/mol. The van der Waals surface area contributed by atoms with E-state index in [1.165, 1.54) is 0 Å². The monoisotopic (exact) mass is 440 g/mol. The first-order valence-corrected chi connectivity index (χ1v) is 10.7. The van der Waals surface area contributed by atoms with E-state index in [4.69, 9.17) is 22.1 Å². The molecule has 4 aromatic carbocycles. The second kappa shape index (κ2) is 8.06. The average molecular weight is 441 g/mol. The first-order chi connectivity index (χ1) is 15.5. The number of hydrogen-bond acceptors (Lipinski definition) is 2. The maximum atomic E-state index is 12.2. The lowest BCUT2D eigenvalue weighted by atomic mass is 10.0. The van der Waals surface area contributed by atoms with Crippen LogP contribution < -0.4 is 10.5 Å².